The molecular formula is C16H16ClFN2O3S. The zero-order valence-electron chi connectivity index (χ0n) is 12.8. The van der Waals surface area contributed by atoms with Gasteiger partial charge in [-0.2, -0.15) is 0 Å². The number of anilines is 1. The monoisotopic (exact) mass is 370 g/mol. The number of hydrogen-bond acceptors (Lipinski definition) is 3. The molecule has 2 N–H and O–H groups in total. The standard InChI is InChI=1S/C16H16ClFN2O3S/c1-11-2-5-13(10-15(11)17)20-16(21)8-9-19-24(22,23)14-6-3-12(18)4-7-14/h2-7,10,19H,8-9H2,1H3,(H,20,21). The van der Waals surface area contributed by atoms with E-state index in [4.69, 9.17) is 11.6 Å². The van der Waals surface area contributed by atoms with E-state index in [0.717, 1.165) is 29.8 Å². The van der Waals surface area contributed by atoms with Gasteiger partial charge in [0.15, 0.2) is 0 Å². The molecule has 0 heterocycles. The molecule has 0 aliphatic carbocycles. The van der Waals surface area contributed by atoms with Crippen LogP contribution in [0.5, 0.6) is 0 Å². The first-order valence-corrected chi connectivity index (χ1v) is 8.95. The average molecular weight is 371 g/mol. The van der Waals surface area contributed by atoms with Gasteiger partial charge in [-0.1, -0.05) is 17.7 Å². The molecule has 0 saturated heterocycles. The average Bonchev–Trinajstić information content (AvgIpc) is 2.51. The Bertz CT molecular complexity index is 839. The Morgan fingerprint density at radius 1 is 1.17 bits per heavy atom. The molecule has 0 aliphatic rings. The van der Waals surface area contributed by atoms with Gasteiger partial charge in [0, 0.05) is 23.7 Å². The van der Waals surface area contributed by atoms with E-state index in [9.17, 15) is 17.6 Å². The molecule has 0 aliphatic heterocycles. The normalized spacial score (nSPS) is 11.3. The fraction of sp³-hybridized carbons (Fsp3) is 0.188. The Morgan fingerprint density at radius 2 is 1.83 bits per heavy atom. The molecule has 0 fully saturated rings. The molecular weight excluding hydrogens is 355 g/mol. The minimum Gasteiger partial charge on any atom is -0.326 e. The lowest BCUT2D eigenvalue weighted by molar-refractivity contribution is -0.116. The zero-order valence-corrected chi connectivity index (χ0v) is 14.4. The van der Waals surface area contributed by atoms with Crippen molar-refractivity contribution in [2.75, 3.05) is 11.9 Å². The van der Waals surface area contributed by atoms with Crippen LogP contribution in [0.15, 0.2) is 47.4 Å². The smallest absolute Gasteiger partial charge is 0.240 e. The van der Waals surface area contributed by atoms with Crippen LogP contribution in [0.4, 0.5) is 10.1 Å². The van der Waals surface area contributed by atoms with Crippen molar-refractivity contribution in [3.63, 3.8) is 0 Å². The molecule has 2 rings (SSSR count). The number of nitrogens with one attached hydrogen (secondary N) is 2. The molecule has 0 unspecified atom stereocenters. The van der Waals surface area contributed by atoms with Crippen molar-refractivity contribution in [3.8, 4) is 0 Å². The number of carbonyl (C=O) groups excluding carboxylic acids is 1. The van der Waals surface area contributed by atoms with Gasteiger partial charge in [-0.3, -0.25) is 4.79 Å². The van der Waals surface area contributed by atoms with E-state index < -0.39 is 15.8 Å². The van der Waals surface area contributed by atoms with Gasteiger partial charge in [-0.25, -0.2) is 17.5 Å². The van der Waals surface area contributed by atoms with Crippen molar-refractivity contribution in [2.24, 2.45) is 0 Å². The van der Waals surface area contributed by atoms with Crippen LogP contribution in [0, 0.1) is 12.7 Å². The van der Waals surface area contributed by atoms with Crippen molar-refractivity contribution < 1.29 is 17.6 Å². The van der Waals surface area contributed by atoms with Crippen LogP contribution in [0.1, 0.15) is 12.0 Å². The van der Waals surface area contributed by atoms with Crippen molar-refractivity contribution in [1.29, 1.82) is 0 Å². The summed E-state index contributed by atoms with van der Waals surface area (Å²) < 4.78 is 39.1. The summed E-state index contributed by atoms with van der Waals surface area (Å²) in [5.41, 5.74) is 1.43. The second-order valence-corrected chi connectivity index (χ2v) is 7.29. The molecule has 0 radical (unpaired) electrons. The summed E-state index contributed by atoms with van der Waals surface area (Å²) in [6, 6.07) is 9.54. The van der Waals surface area contributed by atoms with Crippen LogP contribution in [-0.2, 0) is 14.8 Å². The Labute approximate surface area is 144 Å². The highest BCUT2D eigenvalue weighted by atomic mass is 35.5. The number of rotatable bonds is 6. The van der Waals surface area contributed by atoms with Gasteiger partial charge in [0.05, 0.1) is 4.90 Å². The highest BCUT2D eigenvalue weighted by molar-refractivity contribution is 7.89. The highest BCUT2D eigenvalue weighted by Crippen LogP contribution is 2.20. The summed E-state index contributed by atoms with van der Waals surface area (Å²) in [5.74, 6) is -0.873. The SMILES string of the molecule is Cc1ccc(NC(=O)CCNS(=O)(=O)c2ccc(F)cc2)cc1Cl. The lowest BCUT2D eigenvalue weighted by Crippen LogP contribution is -2.27. The Hall–Kier alpha value is -1.96. The highest BCUT2D eigenvalue weighted by Gasteiger charge is 2.14. The van der Waals surface area contributed by atoms with Crippen molar-refractivity contribution in [3.05, 3.63) is 58.9 Å². The van der Waals surface area contributed by atoms with Crippen molar-refractivity contribution >= 4 is 33.2 Å². The van der Waals surface area contributed by atoms with E-state index in [1.165, 1.54) is 0 Å². The fourth-order valence-corrected chi connectivity index (χ4v) is 3.10. The van der Waals surface area contributed by atoms with Crippen LogP contribution in [0.3, 0.4) is 0 Å². The topological polar surface area (TPSA) is 75.3 Å². The van der Waals surface area contributed by atoms with Crippen LogP contribution in [0.25, 0.3) is 0 Å². The second-order valence-electron chi connectivity index (χ2n) is 5.11. The van der Waals surface area contributed by atoms with Gasteiger partial charge >= 0.3 is 0 Å². The minimum atomic E-state index is -3.78. The first kappa shape index (κ1) is 18.4. The molecule has 24 heavy (non-hydrogen) atoms. The Balaban J connectivity index is 1.87. The van der Waals surface area contributed by atoms with E-state index in [1.807, 2.05) is 6.92 Å². The van der Waals surface area contributed by atoms with E-state index in [1.54, 1.807) is 18.2 Å². The Morgan fingerprint density at radius 3 is 2.46 bits per heavy atom. The number of benzene rings is 2. The number of halogens is 2. The van der Waals surface area contributed by atoms with Crippen LogP contribution in [0.2, 0.25) is 5.02 Å². The lowest BCUT2D eigenvalue weighted by Gasteiger charge is -2.08. The molecule has 0 saturated carbocycles. The number of hydrogen-bond donors (Lipinski definition) is 2. The minimum absolute atomic E-state index is 0.0497. The van der Waals surface area contributed by atoms with E-state index >= 15 is 0 Å². The summed E-state index contributed by atoms with van der Waals surface area (Å²) in [5, 5.41) is 3.17. The summed E-state index contributed by atoms with van der Waals surface area (Å²) in [4.78, 5) is 11.8. The molecule has 0 bridgehead atoms. The van der Waals surface area contributed by atoms with Gasteiger partial charge in [0.25, 0.3) is 0 Å². The predicted octanol–water partition coefficient (Wildman–Crippen LogP) is 3.09. The maximum absolute atomic E-state index is 12.8. The molecule has 0 aromatic heterocycles. The third-order valence-electron chi connectivity index (χ3n) is 3.22. The van der Waals surface area contributed by atoms with Crippen LogP contribution >= 0.6 is 11.6 Å². The molecule has 5 nitrogen and oxygen atoms in total. The molecule has 8 heteroatoms. The van der Waals surface area contributed by atoms with Crippen molar-refractivity contribution in [1.82, 2.24) is 4.72 Å². The number of amides is 1. The van der Waals surface area contributed by atoms with Crippen LogP contribution in [-0.4, -0.2) is 20.9 Å². The quantitative estimate of drug-likeness (QED) is 0.820. The molecule has 2 aromatic rings. The van der Waals surface area contributed by atoms with Crippen molar-refractivity contribution in [2.45, 2.75) is 18.2 Å². The van der Waals surface area contributed by atoms with Gasteiger partial charge in [0.2, 0.25) is 15.9 Å². The second kappa shape index (κ2) is 7.74. The third kappa shape index (κ3) is 5.02. The largest absolute Gasteiger partial charge is 0.326 e. The molecule has 1 amide bonds. The Kier molecular flexibility index (Phi) is 5.93. The first-order valence-electron chi connectivity index (χ1n) is 7.09. The van der Waals surface area contributed by atoms with E-state index in [2.05, 4.69) is 10.0 Å². The molecule has 0 spiro atoms. The van der Waals surface area contributed by atoms with E-state index in [0.29, 0.717) is 10.7 Å². The predicted molar refractivity (Wildman–Crippen MR) is 91.0 cm³/mol. The van der Waals surface area contributed by atoms with Gasteiger partial charge in [-0.15, -0.1) is 0 Å². The summed E-state index contributed by atoms with van der Waals surface area (Å²) in [6.45, 7) is 1.77. The number of sulfonamides is 1. The maximum Gasteiger partial charge on any atom is 0.240 e. The summed E-state index contributed by atoms with van der Waals surface area (Å²) in [6.07, 6.45) is -0.0497. The fourth-order valence-electron chi connectivity index (χ4n) is 1.89. The van der Waals surface area contributed by atoms with Crippen LogP contribution < -0.4 is 10.0 Å². The lowest BCUT2D eigenvalue weighted by atomic mass is 10.2. The molecule has 128 valence electrons. The number of carbonyl (C=O) groups is 1. The first-order chi connectivity index (χ1) is 11.3. The number of aryl methyl sites for hydroxylation is 1. The summed E-state index contributed by atoms with van der Waals surface area (Å²) >= 11 is 5.97. The zero-order chi connectivity index (χ0) is 17.7. The maximum atomic E-state index is 12.8. The third-order valence-corrected chi connectivity index (χ3v) is 5.11. The molecule has 0 atom stereocenters. The summed E-state index contributed by atoms with van der Waals surface area (Å²) in [7, 11) is -3.78. The van der Waals surface area contributed by atoms with Gasteiger partial charge in [-0.05, 0) is 48.9 Å². The van der Waals surface area contributed by atoms with Gasteiger partial charge < -0.3 is 5.32 Å². The van der Waals surface area contributed by atoms with E-state index in [-0.39, 0.29) is 23.8 Å². The van der Waals surface area contributed by atoms with Gasteiger partial charge in [0.1, 0.15) is 5.82 Å². The molecule has 2 aromatic carbocycles.